The molecule has 0 bridgehead atoms. The minimum atomic E-state index is -0.391. The van der Waals surface area contributed by atoms with Gasteiger partial charge in [-0.15, -0.1) is 0 Å². The maximum Gasteiger partial charge on any atom is 0.293 e. The predicted octanol–water partition coefficient (Wildman–Crippen LogP) is 5.03. The van der Waals surface area contributed by atoms with Crippen molar-refractivity contribution in [3.8, 4) is 5.75 Å². The number of methoxy groups -OCH3 is 1. The van der Waals surface area contributed by atoms with E-state index in [1.807, 2.05) is 29.2 Å². The molecule has 2 heterocycles. The number of imide groups is 1. The SMILES string of the molecule is COc1ccccc1N1CCN(C(=O)c2ccc(/C=C3\SC(=O)N(Cc4ccc(F)cc4)C3=O)cc2)CC1. The monoisotopic (exact) mass is 531 g/mol. The number of nitrogens with zero attached hydrogens (tertiary/aromatic N) is 3. The molecule has 0 aliphatic carbocycles. The Balaban J connectivity index is 1.20. The lowest BCUT2D eigenvalue weighted by atomic mass is 10.1. The molecular formula is C29H26FN3O4S. The van der Waals surface area contributed by atoms with Crippen LogP contribution in [0.5, 0.6) is 5.75 Å². The summed E-state index contributed by atoms with van der Waals surface area (Å²) in [6.07, 6.45) is 1.65. The molecule has 7 nitrogen and oxygen atoms in total. The van der Waals surface area contributed by atoms with Gasteiger partial charge in [0.2, 0.25) is 0 Å². The van der Waals surface area contributed by atoms with Crippen LogP contribution in [0.1, 0.15) is 21.5 Å². The molecule has 0 aromatic heterocycles. The predicted molar refractivity (Wildman–Crippen MR) is 145 cm³/mol. The third kappa shape index (κ3) is 5.43. The first-order valence-corrected chi connectivity index (χ1v) is 13.0. The number of carbonyl (C=O) groups is 3. The smallest absolute Gasteiger partial charge is 0.293 e. The summed E-state index contributed by atoms with van der Waals surface area (Å²) in [7, 11) is 1.65. The Labute approximate surface area is 224 Å². The molecule has 2 fully saturated rings. The van der Waals surface area contributed by atoms with Crippen molar-refractivity contribution in [3.63, 3.8) is 0 Å². The Morgan fingerprint density at radius 2 is 1.63 bits per heavy atom. The normalized spacial score (nSPS) is 16.9. The zero-order chi connectivity index (χ0) is 26.6. The Morgan fingerprint density at radius 1 is 0.947 bits per heavy atom. The van der Waals surface area contributed by atoms with Crippen molar-refractivity contribution in [1.29, 1.82) is 0 Å². The number of para-hydroxylation sites is 2. The molecule has 3 aromatic carbocycles. The fourth-order valence-electron chi connectivity index (χ4n) is 4.51. The first kappa shape index (κ1) is 25.5. The van der Waals surface area contributed by atoms with E-state index in [1.54, 1.807) is 49.6 Å². The Morgan fingerprint density at radius 3 is 2.32 bits per heavy atom. The second kappa shape index (κ2) is 11.1. The zero-order valence-electron chi connectivity index (χ0n) is 20.8. The molecule has 3 amide bonds. The number of carbonyl (C=O) groups excluding carboxylic acids is 3. The van der Waals surface area contributed by atoms with Gasteiger partial charge >= 0.3 is 0 Å². The standard InChI is InChI=1S/C29H26FN3O4S/c1-37-25-5-3-2-4-24(25)31-14-16-32(17-15-31)27(34)22-10-6-20(7-11-22)18-26-28(35)33(29(36)38-26)19-21-8-12-23(30)13-9-21/h2-13,18H,14-17,19H2,1H3/b26-18-. The molecule has 0 N–H and O–H groups in total. The first-order valence-electron chi connectivity index (χ1n) is 12.2. The highest BCUT2D eigenvalue weighted by atomic mass is 32.2. The summed E-state index contributed by atoms with van der Waals surface area (Å²) < 4.78 is 18.6. The van der Waals surface area contributed by atoms with Gasteiger partial charge in [0.15, 0.2) is 0 Å². The number of rotatable bonds is 6. The van der Waals surface area contributed by atoms with Gasteiger partial charge in [-0.05, 0) is 65.4 Å². The molecule has 2 aliphatic rings. The highest BCUT2D eigenvalue weighted by Gasteiger charge is 2.35. The van der Waals surface area contributed by atoms with Crippen molar-refractivity contribution in [3.05, 3.63) is 100 Å². The Bertz CT molecular complexity index is 1380. The van der Waals surface area contributed by atoms with Crippen LogP contribution in [0.15, 0.2) is 77.7 Å². The lowest BCUT2D eigenvalue weighted by molar-refractivity contribution is -0.123. The summed E-state index contributed by atoms with van der Waals surface area (Å²) >= 11 is 0.869. The summed E-state index contributed by atoms with van der Waals surface area (Å²) in [6.45, 7) is 2.69. The van der Waals surface area contributed by atoms with Gasteiger partial charge in [-0.1, -0.05) is 36.4 Å². The van der Waals surface area contributed by atoms with Crippen LogP contribution in [-0.4, -0.2) is 60.1 Å². The quantitative estimate of drug-likeness (QED) is 0.416. The third-order valence-corrected chi connectivity index (χ3v) is 7.48. The second-order valence-corrected chi connectivity index (χ2v) is 9.96. The Hall–Kier alpha value is -4.11. The maximum absolute atomic E-state index is 13.2. The van der Waals surface area contributed by atoms with Crippen LogP contribution < -0.4 is 9.64 Å². The van der Waals surface area contributed by atoms with Gasteiger partial charge in [-0.3, -0.25) is 19.3 Å². The molecule has 0 radical (unpaired) electrons. The van der Waals surface area contributed by atoms with Gasteiger partial charge < -0.3 is 14.5 Å². The molecule has 0 saturated carbocycles. The maximum atomic E-state index is 13.2. The van der Waals surface area contributed by atoms with E-state index in [1.165, 1.54) is 12.1 Å². The number of ether oxygens (including phenoxy) is 1. The fourth-order valence-corrected chi connectivity index (χ4v) is 5.34. The molecule has 194 valence electrons. The molecule has 0 spiro atoms. The van der Waals surface area contributed by atoms with Crippen LogP contribution in [0.2, 0.25) is 0 Å². The van der Waals surface area contributed by atoms with Crippen LogP contribution in [-0.2, 0) is 11.3 Å². The van der Waals surface area contributed by atoms with Gasteiger partial charge in [-0.25, -0.2) is 4.39 Å². The Kier molecular flexibility index (Phi) is 7.46. The zero-order valence-corrected chi connectivity index (χ0v) is 21.6. The molecule has 5 rings (SSSR count). The molecular weight excluding hydrogens is 505 g/mol. The second-order valence-electron chi connectivity index (χ2n) is 8.97. The highest BCUT2D eigenvalue weighted by Crippen LogP contribution is 2.33. The lowest BCUT2D eigenvalue weighted by Crippen LogP contribution is -2.48. The van der Waals surface area contributed by atoms with E-state index in [0.29, 0.717) is 42.2 Å². The first-order chi connectivity index (χ1) is 18.4. The highest BCUT2D eigenvalue weighted by molar-refractivity contribution is 8.18. The number of anilines is 1. The van der Waals surface area contributed by atoms with Crippen molar-refractivity contribution in [2.75, 3.05) is 38.2 Å². The molecule has 38 heavy (non-hydrogen) atoms. The summed E-state index contributed by atoms with van der Waals surface area (Å²) in [5.74, 6) is 0.00392. The number of benzene rings is 3. The van der Waals surface area contributed by atoms with Crippen LogP contribution in [0, 0.1) is 5.82 Å². The van der Waals surface area contributed by atoms with Gasteiger partial charge in [0.05, 0.1) is 24.2 Å². The molecule has 0 unspecified atom stereocenters. The van der Waals surface area contributed by atoms with Crippen LogP contribution >= 0.6 is 11.8 Å². The molecule has 3 aromatic rings. The van der Waals surface area contributed by atoms with E-state index < -0.39 is 5.91 Å². The van der Waals surface area contributed by atoms with Crippen molar-refractivity contribution in [2.24, 2.45) is 0 Å². The lowest BCUT2D eigenvalue weighted by Gasteiger charge is -2.36. The van der Waals surface area contributed by atoms with Gasteiger partial charge in [0.1, 0.15) is 11.6 Å². The summed E-state index contributed by atoms with van der Waals surface area (Å²) in [5.41, 5.74) is 2.97. The van der Waals surface area contributed by atoms with Gasteiger partial charge in [-0.2, -0.15) is 0 Å². The van der Waals surface area contributed by atoms with E-state index in [-0.39, 0.29) is 23.5 Å². The van der Waals surface area contributed by atoms with Crippen molar-refractivity contribution < 1.29 is 23.5 Å². The minimum absolute atomic E-state index is 0.0455. The average Bonchev–Trinajstić information content (AvgIpc) is 3.21. The number of amides is 3. The number of thioether (sulfide) groups is 1. The van der Waals surface area contributed by atoms with Crippen molar-refractivity contribution >= 4 is 40.6 Å². The van der Waals surface area contributed by atoms with E-state index >= 15 is 0 Å². The largest absolute Gasteiger partial charge is 0.495 e. The van der Waals surface area contributed by atoms with E-state index in [2.05, 4.69) is 4.90 Å². The van der Waals surface area contributed by atoms with Crippen LogP contribution in [0.3, 0.4) is 0 Å². The van der Waals surface area contributed by atoms with E-state index in [9.17, 15) is 18.8 Å². The average molecular weight is 532 g/mol. The topological polar surface area (TPSA) is 70.2 Å². The fraction of sp³-hybridized carbons (Fsp3) is 0.207. The third-order valence-electron chi connectivity index (χ3n) is 6.58. The molecule has 0 atom stereocenters. The number of halogens is 1. The van der Waals surface area contributed by atoms with Gasteiger partial charge in [0, 0.05) is 31.7 Å². The van der Waals surface area contributed by atoms with E-state index in [0.717, 1.165) is 33.7 Å². The summed E-state index contributed by atoms with van der Waals surface area (Å²) in [4.78, 5) is 43.8. The van der Waals surface area contributed by atoms with E-state index in [4.69, 9.17) is 4.74 Å². The number of hydrogen-bond acceptors (Lipinski definition) is 6. The molecule has 9 heteroatoms. The minimum Gasteiger partial charge on any atom is -0.495 e. The molecule has 2 saturated heterocycles. The van der Waals surface area contributed by atoms with Crippen LogP contribution in [0.4, 0.5) is 14.9 Å². The van der Waals surface area contributed by atoms with Crippen molar-refractivity contribution in [2.45, 2.75) is 6.54 Å². The van der Waals surface area contributed by atoms with Crippen LogP contribution in [0.25, 0.3) is 6.08 Å². The number of piperazine rings is 1. The van der Waals surface area contributed by atoms with Gasteiger partial charge in [0.25, 0.3) is 17.1 Å². The summed E-state index contributed by atoms with van der Waals surface area (Å²) in [6, 6.07) is 20.6. The molecule has 2 aliphatic heterocycles. The van der Waals surface area contributed by atoms with Crippen molar-refractivity contribution in [1.82, 2.24) is 9.80 Å². The number of hydrogen-bond donors (Lipinski definition) is 0. The summed E-state index contributed by atoms with van der Waals surface area (Å²) in [5, 5.41) is -0.371.